The third-order valence-corrected chi connectivity index (χ3v) is 6.72. The predicted molar refractivity (Wildman–Crippen MR) is 98.8 cm³/mol. The van der Waals surface area contributed by atoms with Crippen molar-refractivity contribution in [3.05, 3.63) is 60.2 Å². The van der Waals surface area contributed by atoms with Crippen molar-refractivity contribution in [2.45, 2.75) is 25.4 Å². The van der Waals surface area contributed by atoms with Gasteiger partial charge in [-0.2, -0.15) is 0 Å². The molecule has 0 aliphatic carbocycles. The van der Waals surface area contributed by atoms with E-state index in [1.54, 1.807) is 9.80 Å². The van der Waals surface area contributed by atoms with Crippen LogP contribution in [0.25, 0.3) is 0 Å². The summed E-state index contributed by atoms with van der Waals surface area (Å²) in [5.41, 5.74) is 2.69. The molecule has 2 amide bonds. The topological polar surface area (TPSA) is 57.7 Å². The standard InChI is InChI=1S/C19H20N2O3S/c1-2-14-8-10-16(11-9-14)21-18-13-25(23,24)12-17(18)20(19(21)22)15-6-4-3-5-7-15/h3-11,17-18H,2,12-13H2,1H3. The summed E-state index contributed by atoms with van der Waals surface area (Å²) < 4.78 is 24.5. The summed E-state index contributed by atoms with van der Waals surface area (Å²) >= 11 is 0. The van der Waals surface area contributed by atoms with E-state index in [4.69, 9.17) is 0 Å². The van der Waals surface area contributed by atoms with Crippen LogP contribution in [0, 0.1) is 0 Å². The number of hydrogen-bond acceptors (Lipinski definition) is 3. The molecule has 2 aliphatic heterocycles. The normalized spacial score (nSPS) is 24.6. The maximum atomic E-state index is 13.1. The number of amides is 2. The Bertz CT molecular complexity index is 894. The van der Waals surface area contributed by atoms with E-state index in [0.717, 1.165) is 17.8 Å². The van der Waals surface area contributed by atoms with Gasteiger partial charge in [0.1, 0.15) is 0 Å². The van der Waals surface area contributed by atoms with E-state index in [2.05, 4.69) is 6.92 Å². The molecule has 0 saturated carbocycles. The zero-order chi connectivity index (χ0) is 17.6. The first kappa shape index (κ1) is 16.1. The largest absolute Gasteiger partial charge is 0.329 e. The van der Waals surface area contributed by atoms with Gasteiger partial charge in [-0.25, -0.2) is 13.2 Å². The van der Waals surface area contributed by atoms with Crippen molar-refractivity contribution in [1.29, 1.82) is 0 Å². The third-order valence-electron chi connectivity index (χ3n) is 5.03. The lowest BCUT2D eigenvalue weighted by molar-refractivity contribution is 0.255. The highest BCUT2D eigenvalue weighted by atomic mass is 32.2. The van der Waals surface area contributed by atoms with E-state index in [9.17, 15) is 13.2 Å². The average molecular weight is 356 g/mol. The predicted octanol–water partition coefficient (Wildman–Crippen LogP) is 2.86. The minimum atomic E-state index is -3.16. The number of carbonyl (C=O) groups excluding carboxylic acids is 1. The first-order valence-electron chi connectivity index (χ1n) is 8.47. The Hall–Kier alpha value is -2.34. The van der Waals surface area contributed by atoms with Gasteiger partial charge in [0.2, 0.25) is 0 Å². The van der Waals surface area contributed by atoms with Crippen LogP contribution in [0.15, 0.2) is 54.6 Å². The van der Waals surface area contributed by atoms with Crippen molar-refractivity contribution in [3.63, 3.8) is 0 Å². The van der Waals surface area contributed by atoms with Gasteiger partial charge in [-0.05, 0) is 36.2 Å². The van der Waals surface area contributed by atoms with Crippen LogP contribution in [-0.2, 0) is 16.3 Å². The van der Waals surface area contributed by atoms with Gasteiger partial charge in [-0.3, -0.25) is 9.80 Å². The third kappa shape index (κ3) is 2.70. The van der Waals surface area contributed by atoms with Crippen LogP contribution in [0.1, 0.15) is 12.5 Å². The number of para-hydroxylation sites is 1. The maximum Gasteiger partial charge on any atom is 0.329 e. The number of nitrogens with zero attached hydrogens (tertiary/aromatic N) is 2. The van der Waals surface area contributed by atoms with Crippen molar-refractivity contribution < 1.29 is 13.2 Å². The molecule has 2 heterocycles. The monoisotopic (exact) mass is 356 g/mol. The molecule has 2 unspecified atom stereocenters. The number of anilines is 2. The van der Waals surface area contributed by atoms with Crippen molar-refractivity contribution in [3.8, 4) is 0 Å². The van der Waals surface area contributed by atoms with Crippen LogP contribution in [0.3, 0.4) is 0 Å². The molecule has 0 N–H and O–H groups in total. The summed E-state index contributed by atoms with van der Waals surface area (Å²) in [6.45, 7) is 2.08. The van der Waals surface area contributed by atoms with Crippen molar-refractivity contribution in [1.82, 2.24) is 0 Å². The highest BCUT2D eigenvalue weighted by molar-refractivity contribution is 7.91. The van der Waals surface area contributed by atoms with Crippen LogP contribution in [0.5, 0.6) is 0 Å². The summed E-state index contributed by atoms with van der Waals surface area (Å²) in [5.74, 6) is 0.0319. The Balaban J connectivity index is 1.77. The van der Waals surface area contributed by atoms with E-state index in [0.29, 0.717) is 0 Å². The van der Waals surface area contributed by atoms with Gasteiger partial charge < -0.3 is 0 Å². The Kier molecular flexibility index (Phi) is 3.80. The second kappa shape index (κ2) is 5.88. The smallest absolute Gasteiger partial charge is 0.288 e. The second-order valence-corrected chi connectivity index (χ2v) is 8.74. The molecule has 0 aromatic heterocycles. The van der Waals surface area contributed by atoms with Crippen LogP contribution in [0.4, 0.5) is 16.2 Å². The Morgan fingerprint density at radius 1 is 0.880 bits per heavy atom. The lowest BCUT2D eigenvalue weighted by Gasteiger charge is -2.22. The van der Waals surface area contributed by atoms with Crippen molar-refractivity contribution in [2.24, 2.45) is 0 Å². The molecular formula is C19H20N2O3S. The highest BCUT2D eigenvalue weighted by Gasteiger charge is 2.54. The maximum absolute atomic E-state index is 13.1. The van der Waals surface area contributed by atoms with Crippen LogP contribution in [0.2, 0.25) is 0 Å². The van der Waals surface area contributed by atoms with Crippen LogP contribution >= 0.6 is 0 Å². The van der Waals surface area contributed by atoms with Gasteiger partial charge in [0.15, 0.2) is 9.84 Å². The summed E-state index contributed by atoms with van der Waals surface area (Å²) in [6.07, 6.45) is 0.921. The van der Waals surface area contributed by atoms with E-state index < -0.39 is 9.84 Å². The van der Waals surface area contributed by atoms with E-state index >= 15 is 0 Å². The first-order chi connectivity index (χ1) is 12.0. The summed E-state index contributed by atoms with van der Waals surface area (Å²) in [5, 5.41) is 0. The molecule has 0 radical (unpaired) electrons. The molecule has 0 bridgehead atoms. The summed E-state index contributed by atoms with van der Waals surface area (Å²) in [4.78, 5) is 16.4. The minimum Gasteiger partial charge on any atom is -0.288 e. The Labute approximate surface area is 147 Å². The number of hydrogen-bond donors (Lipinski definition) is 0. The number of urea groups is 1. The second-order valence-electron chi connectivity index (χ2n) is 6.59. The number of aryl methyl sites for hydroxylation is 1. The zero-order valence-corrected chi connectivity index (χ0v) is 14.8. The molecule has 2 aromatic rings. The number of sulfone groups is 1. The first-order valence-corrected chi connectivity index (χ1v) is 10.3. The van der Waals surface area contributed by atoms with E-state index in [1.807, 2.05) is 54.6 Å². The van der Waals surface area contributed by atoms with Gasteiger partial charge in [0.25, 0.3) is 0 Å². The van der Waals surface area contributed by atoms with Crippen LogP contribution < -0.4 is 9.80 Å². The summed E-state index contributed by atoms with van der Waals surface area (Å²) in [6, 6.07) is 16.3. The number of carbonyl (C=O) groups is 1. The summed E-state index contributed by atoms with van der Waals surface area (Å²) in [7, 11) is -3.16. The van der Waals surface area contributed by atoms with Gasteiger partial charge in [0, 0.05) is 11.4 Å². The SMILES string of the molecule is CCc1ccc(N2C(=O)N(c3ccccc3)C3CS(=O)(=O)CC32)cc1. The molecular weight excluding hydrogens is 336 g/mol. The van der Waals surface area contributed by atoms with Gasteiger partial charge in [0.05, 0.1) is 23.6 Å². The van der Waals surface area contributed by atoms with Crippen molar-refractivity contribution in [2.75, 3.05) is 21.3 Å². The molecule has 6 heteroatoms. The molecule has 2 atom stereocenters. The van der Waals surface area contributed by atoms with Crippen molar-refractivity contribution >= 4 is 27.2 Å². The Morgan fingerprint density at radius 3 is 1.92 bits per heavy atom. The van der Waals surface area contributed by atoms with Crippen LogP contribution in [-0.4, -0.2) is 38.0 Å². The molecule has 2 fully saturated rings. The zero-order valence-electron chi connectivity index (χ0n) is 14.0. The number of rotatable bonds is 3. The van der Waals surface area contributed by atoms with Gasteiger partial charge >= 0.3 is 6.03 Å². The fraction of sp³-hybridized carbons (Fsp3) is 0.316. The molecule has 2 aliphatic rings. The fourth-order valence-corrected chi connectivity index (χ4v) is 5.71. The Morgan fingerprint density at radius 2 is 1.40 bits per heavy atom. The number of benzene rings is 2. The molecule has 130 valence electrons. The molecule has 5 nitrogen and oxygen atoms in total. The highest BCUT2D eigenvalue weighted by Crippen LogP contribution is 2.37. The average Bonchev–Trinajstić information content (AvgIpc) is 3.04. The quantitative estimate of drug-likeness (QED) is 0.795. The molecule has 25 heavy (non-hydrogen) atoms. The molecule has 0 spiro atoms. The lowest BCUT2D eigenvalue weighted by Crippen LogP contribution is -2.37. The van der Waals surface area contributed by atoms with Gasteiger partial charge in [-0.1, -0.05) is 37.3 Å². The minimum absolute atomic E-state index is 0.0157. The van der Waals surface area contributed by atoms with Gasteiger partial charge in [-0.15, -0.1) is 0 Å². The molecule has 2 saturated heterocycles. The van der Waals surface area contributed by atoms with E-state index in [-0.39, 0.29) is 29.6 Å². The van der Waals surface area contributed by atoms with E-state index in [1.165, 1.54) is 5.56 Å². The molecule has 4 rings (SSSR count). The molecule has 2 aromatic carbocycles. The fourth-order valence-electron chi connectivity index (χ4n) is 3.79. The lowest BCUT2D eigenvalue weighted by atomic mass is 10.1. The number of fused-ring (bicyclic) bond motifs is 1.